The van der Waals surface area contributed by atoms with Gasteiger partial charge in [0.05, 0.1) is 13.2 Å². The predicted octanol–water partition coefficient (Wildman–Crippen LogP) is 3.89. The summed E-state index contributed by atoms with van der Waals surface area (Å²) < 4.78 is 11.4. The first kappa shape index (κ1) is 23.4. The van der Waals surface area contributed by atoms with Crippen LogP contribution in [-0.4, -0.2) is 56.7 Å². The largest absolute Gasteiger partial charge is 0.489 e. The minimum absolute atomic E-state index is 0.00695. The van der Waals surface area contributed by atoms with Gasteiger partial charge in [-0.3, -0.25) is 9.69 Å². The van der Waals surface area contributed by atoms with Crippen molar-refractivity contribution in [2.24, 2.45) is 0 Å². The maximum absolute atomic E-state index is 12.6. The van der Waals surface area contributed by atoms with Crippen LogP contribution in [0.3, 0.4) is 0 Å². The van der Waals surface area contributed by atoms with Gasteiger partial charge in [0.15, 0.2) is 0 Å². The molecule has 5 rings (SSSR count). The summed E-state index contributed by atoms with van der Waals surface area (Å²) in [5, 5.41) is 3.09. The van der Waals surface area contributed by atoms with E-state index in [0.717, 1.165) is 57.1 Å². The van der Waals surface area contributed by atoms with Crippen molar-refractivity contribution in [2.75, 3.05) is 50.8 Å². The van der Waals surface area contributed by atoms with Crippen LogP contribution in [0, 0.1) is 0 Å². The molecule has 1 saturated heterocycles. The van der Waals surface area contributed by atoms with Crippen LogP contribution in [-0.2, 0) is 24.4 Å². The molecule has 1 fully saturated rings. The van der Waals surface area contributed by atoms with E-state index < -0.39 is 0 Å². The van der Waals surface area contributed by atoms with Gasteiger partial charge in [-0.15, -0.1) is 0 Å². The lowest BCUT2D eigenvalue weighted by molar-refractivity contribution is 0.0945. The van der Waals surface area contributed by atoms with Gasteiger partial charge < -0.3 is 19.7 Å². The number of benzene rings is 3. The molecule has 2 aliphatic heterocycles. The molecule has 0 aliphatic carbocycles. The van der Waals surface area contributed by atoms with Crippen molar-refractivity contribution >= 4 is 11.6 Å². The number of hydrogen-bond acceptors (Lipinski definition) is 5. The second-order valence-corrected chi connectivity index (χ2v) is 9.14. The second kappa shape index (κ2) is 11.4. The molecule has 0 unspecified atom stereocenters. The molecule has 1 amide bonds. The van der Waals surface area contributed by atoms with Gasteiger partial charge in [-0.1, -0.05) is 36.4 Å². The molecule has 0 spiro atoms. The van der Waals surface area contributed by atoms with Crippen LogP contribution in [0.5, 0.6) is 5.75 Å². The van der Waals surface area contributed by atoms with Gasteiger partial charge in [-0.2, -0.15) is 0 Å². The lowest BCUT2D eigenvalue weighted by Crippen LogP contribution is -2.48. The van der Waals surface area contributed by atoms with Gasteiger partial charge in [0, 0.05) is 50.5 Å². The highest BCUT2D eigenvalue weighted by molar-refractivity contribution is 5.94. The van der Waals surface area contributed by atoms with Gasteiger partial charge in [-0.25, -0.2) is 0 Å². The maximum atomic E-state index is 12.6. The van der Waals surface area contributed by atoms with Crippen LogP contribution in [0.1, 0.15) is 27.0 Å². The molecule has 0 bridgehead atoms. The van der Waals surface area contributed by atoms with Crippen molar-refractivity contribution in [2.45, 2.75) is 19.6 Å². The normalized spacial score (nSPS) is 15.9. The zero-order chi connectivity index (χ0) is 23.9. The first-order valence-electron chi connectivity index (χ1n) is 12.5. The molecular weight excluding hydrogens is 438 g/mol. The van der Waals surface area contributed by atoms with E-state index in [0.29, 0.717) is 19.8 Å². The molecule has 182 valence electrons. The summed E-state index contributed by atoms with van der Waals surface area (Å²) in [6.45, 7) is 7.41. The Morgan fingerprint density at radius 2 is 1.71 bits per heavy atom. The summed E-state index contributed by atoms with van der Waals surface area (Å²) in [5.41, 5.74) is 5.56. The summed E-state index contributed by atoms with van der Waals surface area (Å²) in [4.78, 5) is 17.4. The topological polar surface area (TPSA) is 54.0 Å². The van der Waals surface area contributed by atoms with E-state index in [-0.39, 0.29) is 5.91 Å². The van der Waals surface area contributed by atoms with Gasteiger partial charge >= 0.3 is 0 Å². The summed E-state index contributed by atoms with van der Waals surface area (Å²) in [5.74, 6) is 0.895. The fraction of sp³-hybridized carbons (Fsp3) is 0.345. The summed E-state index contributed by atoms with van der Waals surface area (Å²) >= 11 is 0. The predicted molar refractivity (Wildman–Crippen MR) is 138 cm³/mol. The Balaban J connectivity index is 1.03. The van der Waals surface area contributed by atoms with Crippen LogP contribution in [0.4, 0.5) is 5.69 Å². The standard InChI is InChI=1S/C29H33N3O3/c33-29(25-6-7-26-22-34-19-12-24(26)20-25)30-13-14-31-15-17-32(18-16-31)27-8-10-28(11-9-27)35-21-23-4-2-1-3-5-23/h1-11,20H,12-19,21-22H2,(H,30,33). The van der Waals surface area contributed by atoms with Crippen LogP contribution in [0.2, 0.25) is 0 Å². The molecule has 6 nitrogen and oxygen atoms in total. The van der Waals surface area contributed by atoms with Gasteiger partial charge in [-0.05, 0) is 59.5 Å². The van der Waals surface area contributed by atoms with Crippen LogP contribution < -0.4 is 15.0 Å². The van der Waals surface area contributed by atoms with Crippen molar-refractivity contribution in [1.29, 1.82) is 0 Å². The number of nitrogens with one attached hydrogen (secondary N) is 1. The van der Waals surface area contributed by atoms with Crippen molar-refractivity contribution in [3.8, 4) is 5.75 Å². The fourth-order valence-corrected chi connectivity index (χ4v) is 4.66. The fourth-order valence-electron chi connectivity index (χ4n) is 4.66. The monoisotopic (exact) mass is 471 g/mol. The third-order valence-corrected chi connectivity index (χ3v) is 6.78. The average molecular weight is 472 g/mol. The number of fused-ring (bicyclic) bond motifs is 1. The minimum Gasteiger partial charge on any atom is -0.489 e. The molecule has 6 heteroatoms. The Morgan fingerprint density at radius 3 is 2.51 bits per heavy atom. The van der Waals surface area contributed by atoms with Crippen LogP contribution in [0.15, 0.2) is 72.8 Å². The highest BCUT2D eigenvalue weighted by Crippen LogP contribution is 2.22. The van der Waals surface area contributed by atoms with E-state index >= 15 is 0 Å². The third-order valence-electron chi connectivity index (χ3n) is 6.78. The number of ether oxygens (including phenoxy) is 2. The van der Waals surface area contributed by atoms with E-state index in [2.05, 4.69) is 39.4 Å². The maximum Gasteiger partial charge on any atom is 0.251 e. The van der Waals surface area contributed by atoms with Gasteiger partial charge in [0.25, 0.3) is 5.91 Å². The number of carbonyl (C=O) groups excluding carboxylic acids is 1. The first-order chi connectivity index (χ1) is 17.2. The number of rotatable bonds is 8. The molecule has 1 N–H and O–H groups in total. The second-order valence-electron chi connectivity index (χ2n) is 9.14. The quantitative estimate of drug-likeness (QED) is 0.540. The lowest BCUT2D eigenvalue weighted by atomic mass is 10.00. The van der Waals surface area contributed by atoms with E-state index in [1.165, 1.54) is 22.4 Å². The number of hydrogen-bond donors (Lipinski definition) is 1. The van der Waals surface area contributed by atoms with Crippen LogP contribution in [0.25, 0.3) is 0 Å². The molecule has 3 aromatic rings. The number of nitrogens with zero attached hydrogens (tertiary/aromatic N) is 2. The number of carbonyl (C=O) groups is 1. The number of anilines is 1. The Labute approximate surface area is 207 Å². The molecule has 0 saturated carbocycles. The Hall–Kier alpha value is -3.35. The average Bonchev–Trinajstić information content (AvgIpc) is 2.93. The highest BCUT2D eigenvalue weighted by Gasteiger charge is 2.18. The first-order valence-corrected chi connectivity index (χ1v) is 12.5. The molecule has 35 heavy (non-hydrogen) atoms. The highest BCUT2D eigenvalue weighted by atomic mass is 16.5. The van der Waals surface area contributed by atoms with Crippen molar-refractivity contribution < 1.29 is 14.3 Å². The van der Waals surface area contributed by atoms with Crippen molar-refractivity contribution in [3.63, 3.8) is 0 Å². The summed E-state index contributed by atoms with van der Waals surface area (Å²) in [6, 6.07) is 24.5. The summed E-state index contributed by atoms with van der Waals surface area (Å²) in [6.07, 6.45) is 0.879. The number of amides is 1. The van der Waals surface area contributed by atoms with E-state index in [4.69, 9.17) is 9.47 Å². The van der Waals surface area contributed by atoms with E-state index in [1.807, 2.05) is 48.5 Å². The molecule has 3 aromatic carbocycles. The van der Waals surface area contributed by atoms with Gasteiger partial charge in [0.1, 0.15) is 12.4 Å². The third kappa shape index (κ3) is 6.21. The zero-order valence-corrected chi connectivity index (χ0v) is 20.1. The minimum atomic E-state index is 0.00695. The Kier molecular flexibility index (Phi) is 7.61. The molecular formula is C29H33N3O3. The SMILES string of the molecule is O=C(NCCN1CCN(c2ccc(OCc3ccccc3)cc2)CC1)c1ccc2c(c1)CCOC2. The molecule has 2 aliphatic rings. The van der Waals surface area contributed by atoms with E-state index in [1.54, 1.807) is 0 Å². The molecule has 0 atom stereocenters. The summed E-state index contributed by atoms with van der Waals surface area (Å²) in [7, 11) is 0. The number of piperazine rings is 1. The van der Waals surface area contributed by atoms with Crippen LogP contribution >= 0.6 is 0 Å². The molecule has 0 aromatic heterocycles. The Morgan fingerprint density at radius 1 is 0.914 bits per heavy atom. The Bertz CT molecular complexity index is 1110. The zero-order valence-electron chi connectivity index (χ0n) is 20.1. The molecule has 2 heterocycles. The van der Waals surface area contributed by atoms with Gasteiger partial charge in [0.2, 0.25) is 0 Å². The molecule has 0 radical (unpaired) electrons. The van der Waals surface area contributed by atoms with E-state index in [9.17, 15) is 4.79 Å². The lowest BCUT2D eigenvalue weighted by Gasteiger charge is -2.36. The van der Waals surface area contributed by atoms with Crippen molar-refractivity contribution in [1.82, 2.24) is 10.2 Å². The smallest absolute Gasteiger partial charge is 0.251 e. The van der Waals surface area contributed by atoms with Crippen molar-refractivity contribution in [3.05, 3.63) is 95.1 Å².